The lowest BCUT2D eigenvalue weighted by atomic mass is 9.97. The summed E-state index contributed by atoms with van der Waals surface area (Å²) in [5.41, 5.74) is 6.22. The lowest BCUT2D eigenvalue weighted by Gasteiger charge is -2.43. The maximum Gasteiger partial charge on any atom is 0.180 e. The smallest absolute Gasteiger partial charge is 0.180 e. The van der Waals surface area contributed by atoms with E-state index in [9.17, 15) is 15.5 Å². The van der Waals surface area contributed by atoms with Crippen LogP contribution in [0.15, 0.2) is 28.7 Å². The first-order valence-corrected chi connectivity index (χ1v) is 12.0. The van der Waals surface area contributed by atoms with Crippen LogP contribution in [0.2, 0.25) is 5.02 Å². The zero-order valence-electron chi connectivity index (χ0n) is 17.3. The minimum atomic E-state index is -1.15. The Labute approximate surface area is 202 Å². The van der Waals surface area contributed by atoms with E-state index in [0.717, 1.165) is 0 Å². The molecule has 3 unspecified atom stereocenters. The van der Waals surface area contributed by atoms with Gasteiger partial charge in [0, 0.05) is 23.1 Å². The highest BCUT2D eigenvalue weighted by molar-refractivity contribution is 7.99. The van der Waals surface area contributed by atoms with Gasteiger partial charge < -0.3 is 25.4 Å². The largest absolute Gasteiger partial charge is 0.394 e. The van der Waals surface area contributed by atoms with Gasteiger partial charge in [0.1, 0.15) is 47.2 Å². The molecule has 174 valence electrons. The molecule has 1 aliphatic rings. The number of nitriles is 1. The van der Waals surface area contributed by atoms with Crippen molar-refractivity contribution in [2.45, 2.75) is 41.6 Å². The number of thiazole rings is 1. The second kappa shape index (κ2) is 10.3. The second-order valence-electron chi connectivity index (χ2n) is 7.01. The Morgan fingerprint density at radius 2 is 2.27 bits per heavy atom. The first-order valence-electron chi connectivity index (χ1n) is 9.86. The van der Waals surface area contributed by atoms with Gasteiger partial charge in [0.25, 0.3) is 0 Å². The Balaban J connectivity index is 1.70. The van der Waals surface area contributed by atoms with Crippen LogP contribution < -0.4 is 5.73 Å². The number of nitrogen functional groups attached to an aromatic ring is 1. The first-order chi connectivity index (χ1) is 15.9. The van der Waals surface area contributed by atoms with E-state index >= 15 is 0 Å². The average molecular weight is 510 g/mol. The van der Waals surface area contributed by atoms with E-state index in [4.69, 9.17) is 26.8 Å². The lowest BCUT2D eigenvalue weighted by molar-refractivity contribution is -0.191. The zero-order valence-corrected chi connectivity index (χ0v) is 19.7. The third-order valence-electron chi connectivity index (χ3n) is 4.95. The summed E-state index contributed by atoms with van der Waals surface area (Å²) in [4.78, 5) is 8.75. The summed E-state index contributed by atoms with van der Waals surface area (Å²) >= 11 is 8.54. The maximum absolute atomic E-state index is 11.0. The monoisotopic (exact) mass is 509 g/mol. The van der Waals surface area contributed by atoms with Crippen LogP contribution in [0.3, 0.4) is 0 Å². The van der Waals surface area contributed by atoms with Crippen LogP contribution in [-0.2, 0) is 9.47 Å². The van der Waals surface area contributed by atoms with Gasteiger partial charge in [-0.1, -0.05) is 28.6 Å². The van der Waals surface area contributed by atoms with Gasteiger partial charge in [0.2, 0.25) is 0 Å². The molecule has 4 N–H and O–H groups in total. The SMILES string of the molecule is CCOC1C(n2cc(-c3csc(N)n3)nn2)[C@@H](O)C(CO)O[C@@H]1Sc1cc(Cl)cnc1C#N. The molecule has 0 spiro atoms. The number of nitrogens with zero attached hydrogens (tertiary/aromatic N) is 6. The normalized spacial score (nSPS) is 25.1. The van der Waals surface area contributed by atoms with Gasteiger partial charge in [-0.15, -0.1) is 16.4 Å². The number of aromatic nitrogens is 5. The Kier molecular flexibility index (Phi) is 7.45. The van der Waals surface area contributed by atoms with E-state index in [1.54, 1.807) is 17.6 Å². The number of halogens is 1. The van der Waals surface area contributed by atoms with E-state index in [1.165, 1.54) is 34.0 Å². The number of thioether (sulfide) groups is 1. The first kappa shape index (κ1) is 23.8. The van der Waals surface area contributed by atoms with Crippen molar-refractivity contribution in [3.05, 3.63) is 34.6 Å². The summed E-state index contributed by atoms with van der Waals surface area (Å²) in [6, 6.07) is 2.89. The van der Waals surface area contributed by atoms with E-state index in [2.05, 4.69) is 20.3 Å². The van der Waals surface area contributed by atoms with Crippen molar-refractivity contribution < 1.29 is 19.7 Å². The quantitative estimate of drug-likeness (QED) is 0.424. The summed E-state index contributed by atoms with van der Waals surface area (Å²) in [5, 5.41) is 41.2. The van der Waals surface area contributed by atoms with Crippen molar-refractivity contribution in [3.63, 3.8) is 0 Å². The van der Waals surface area contributed by atoms with E-state index in [1.807, 2.05) is 13.0 Å². The number of hydrogen-bond acceptors (Lipinski definition) is 12. The number of aliphatic hydroxyl groups is 2. The van der Waals surface area contributed by atoms with Gasteiger partial charge in [-0.3, -0.25) is 0 Å². The molecule has 0 aliphatic carbocycles. The predicted molar refractivity (Wildman–Crippen MR) is 122 cm³/mol. The Morgan fingerprint density at radius 1 is 1.45 bits per heavy atom. The molecule has 1 aliphatic heterocycles. The molecule has 4 rings (SSSR count). The van der Waals surface area contributed by atoms with Crippen molar-refractivity contribution >= 4 is 39.8 Å². The van der Waals surface area contributed by atoms with E-state index in [-0.39, 0.29) is 5.69 Å². The predicted octanol–water partition coefficient (Wildman–Crippen LogP) is 1.72. The third-order valence-corrected chi connectivity index (χ3v) is 7.01. The molecule has 0 bridgehead atoms. The topological polar surface area (TPSA) is 165 Å². The standard InChI is InChI=1S/C19H20ClN7O4S2/c1-2-30-17-15(27-6-11(25-26-27)12-8-32-19(22)24-12)16(29)13(7-28)31-18(17)33-14-3-9(20)5-23-10(14)4-21/h3,5-6,8,13,15-18,28-29H,2,7H2,1H3,(H2,22,24)/t13?,15?,16-,17?,18+/m0/s1. The van der Waals surface area contributed by atoms with Gasteiger partial charge >= 0.3 is 0 Å². The number of rotatable bonds is 7. The molecule has 11 nitrogen and oxygen atoms in total. The number of anilines is 1. The van der Waals surface area contributed by atoms with Crippen molar-refractivity contribution in [3.8, 4) is 17.5 Å². The zero-order chi connectivity index (χ0) is 23.5. The van der Waals surface area contributed by atoms with Crippen LogP contribution in [0.4, 0.5) is 5.13 Å². The minimum Gasteiger partial charge on any atom is -0.394 e. The number of ether oxygens (including phenoxy) is 2. The van der Waals surface area contributed by atoms with Gasteiger partial charge in [-0.2, -0.15) is 5.26 Å². The summed E-state index contributed by atoms with van der Waals surface area (Å²) in [5.74, 6) is 0. The minimum absolute atomic E-state index is 0.177. The second-order valence-corrected chi connectivity index (χ2v) is 9.48. The molecule has 0 saturated carbocycles. The molecule has 1 saturated heterocycles. The molecule has 3 aromatic rings. The Morgan fingerprint density at radius 3 is 2.94 bits per heavy atom. The van der Waals surface area contributed by atoms with Gasteiger partial charge in [0.15, 0.2) is 10.8 Å². The fourth-order valence-electron chi connectivity index (χ4n) is 3.49. The third kappa shape index (κ3) is 4.97. The van der Waals surface area contributed by atoms with E-state index in [0.29, 0.717) is 33.0 Å². The highest BCUT2D eigenvalue weighted by Crippen LogP contribution is 2.41. The molecular formula is C19H20ClN7O4S2. The fraction of sp³-hybridized carbons (Fsp3) is 0.421. The van der Waals surface area contributed by atoms with Crippen molar-refractivity contribution in [2.75, 3.05) is 18.9 Å². The van der Waals surface area contributed by atoms with Gasteiger partial charge in [-0.05, 0) is 13.0 Å². The van der Waals surface area contributed by atoms with Gasteiger partial charge in [-0.25, -0.2) is 14.6 Å². The van der Waals surface area contributed by atoms with Crippen molar-refractivity contribution in [1.82, 2.24) is 25.0 Å². The van der Waals surface area contributed by atoms with Crippen LogP contribution in [-0.4, -0.2) is 72.1 Å². The van der Waals surface area contributed by atoms with Crippen molar-refractivity contribution in [1.29, 1.82) is 5.26 Å². The number of aliphatic hydroxyl groups excluding tert-OH is 2. The van der Waals surface area contributed by atoms with Crippen LogP contribution in [0.25, 0.3) is 11.4 Å². The molecule has 0 radical (unpaired) electrons. The maximum atomic E-state index is 11.0. The molecule has 4 heterocycles. The number of nitrogens with two attached hydrogens (primary N) is 1. The fourth-order valence-corrected chi connectivity index (χ4v) is 5.50. The van der Waals surface area contributed by atoms with Gasteiger partial charge in [0.05, 0.1) is 17.8 Å². The highest BCUT2D eigenvalue weighted by Gasteiger charge is 2.48. The van der Waals surface area contributed by atoms with Crippen molar-refractivity contribution in [2.24, 2.45) is 0 Å². The molecule has 0 amide bonds. The molecule has 14 heteroatoms. The van der Waals surface area contributed by atoms with Crippen LogP contribution in [0, 0.1) is 11.3 Å². The van der Waals surface area contributed by atoms with E-state index < -0.39 is 36.4 Å². The van der Waals surface area contributed by atoms with Crippen LogP contribution in [0.1, 0.15) is 18.7 Å². The molecule has 0 aromatic carbocycles. The molecular weight excluding hydrogens is 490 g/mol. The highest BCUT2D eigenvalue weighted by atomic mass is 35.5. The molecule has 5 atom stereocenters. The molecule has 3 aromatic heterocycles. The molecule has 1 fully saturated rings. The Bertz CT molecular complexity index is 1150. The average Bonchev–Trinajstić information content (AvgIpc) is 3.45. The lowest BCUT2D eigenvalue weighted by Crippen LogP contribution is -2.55. The summed E-state index contributed by atoms with van der Waals surface area (Å²) in [6.07, 6.45) is 0.239. The molecule has 33 heavy (non-hydrogen) atoms. The van der Waals surface area contributed by atoms with Crippen LogP contribution in [0.5, 0.6) is 0 Å². The Hall–Kier alpha value is -2.31. The summed E-state index contributed by atoms with van der Waals surface area (Å²) < 4.78 is 13.4. The number of pyridine rings is 1. The summed E-state index contributed by atoms with van der Waals surface area (Å²) in [6.45, 7) is 1.70. The number of hydrogen-bond donors (Lipinski definition) is 3. The summed E-state index contributed by atoms with van der Waals surface area (Å²) in [7, 11) is 0. The van der Waals surface area contributed by atoms with Crippen LogP contribution >= 0.6 is 34.7 Å².